The van der Waals surface area contributed by atoms with Crippen LogP contribution in [0.3, 0.4) is 0 Å². The average Bonchev–Trinajstić information content (AvgIpc) is 2.77. The standard InChI is InChI=1S/C15H26N2OS/c1-11(13-12(2)17-10-19-13)16-9-15(18)7-5-14(3,4)6-8-15/h10-11,16,18H,5-9H2,1-4H3. The van der Waals surface area contributed by atoms with Crippen LogP contribution in [0.5, 0.6) is 0 Å². The fraction of sp³-hybridized carbons (Fsp3) is 0.800. The lowest BCUT2D eigenvalue weighted by Crippen LogP contribution is -2.45. The molecule has 1 unspecified atom stereocenters. The van der Waals surface area contributed by atoms with E-state index in [4.69, 9.17) is 0 Å². The Morgan fingerprint density at radius 1 is 1.37 bits per heavy atom. The maximum Gasteiger partial charge on any atom is 0.0798 e. The van der Waals surface area contributed by atoms with E-state index in [9.17, 15) is 5.11 Å². The zero-order valence-corrected chi connectivity index (χ0v) is 13.3. The first-order chi connectivity index (χ1) is 8.81. The minimum Gasteiger partial charge on any atom is -0.389 e. The third-order valence-electron chi connectivity index (χ3n) is 4.45. The van der Waals surface area contributed by atoms with Crippen LogP contribution in [0.2, 0.25) is 0 Å². The molecule has 1 aromatic heterocycles. The number of nitrogens with zero attached hydrogens (tertiary/aromatic N) is 1. The van der Waals surface area contributed by atoms with Gasteiger partial charge in [-0.1, -0.05) is 13.8 Å². The van der Waals surface area contributed by atoms with Gasteiger partial charge >= 0.3 is 0 Å². The molecule has 0 spiro atoms. The Morgan fingerprint density at radius 3 is 2.53 bits per heavy atom. The fourth-order valence-corrected chi connectivity index (χ4v) is 3.57. The van der Waals surface area contributed by atoms with Crippen molar-refractivity contribution >= 4 is 11.3 Å². The van der Waals surface area contributed by atoms with E-state index in [-0.39, 0.29) is 6.04 Å². The summed E-state index contributed by atoms with van der Waals surface area (Å²) in [5.41, 5.74) is 2.86. The van der Waals surface area contributed by atoms with Crippen molar-refractivity contribution in [2.24, 2.45) is 5.41 Å². The van der Waals surface area contributed by atoms with Crippen molar-refractivity contribution in [1.29, 1.82) is 0 Å². The van der Waals surface area contributed by atoms with Gasteiger partial charge in [0.15, 0.2) is 0 Å². The minimum atomic E-state index is -0.525. The average molecular weight is 282 g/mol. The molecule has 1 aromatic rings. The summed E-state index contributed by atoms with van der Waals surface area (Å²) >= 11 is 1.69. The number of hydrogen-bond acceptors (Lipinski definition) is 4. The van der Waals surface area contributed by atoms with Gasteiger partial charge < -0.3 is 10.4 Å². The topological polar surface area (TPSA) is 45.2 Å². The second-order valence-electron chi connectivity index (χ2n) is 6.79. The molecule has 0 saturated heterocycles. The molecule has 1 saturated carbocycles. The Hall–Kier alpha value is -0.450. The molecule has 1 atom stereocenters. The molecule has 0 aromatic carbocycles. The van der Waals surface area contributed by atoms with E-state index in [1.54, 1.807) is 11.3 Å². The van der Waals surface area contributed by atoms with E-state index in [1.165, 1.54) is 4.88 Å². The van der Waals surface area contributed by atoms with Crippen molar-refractivity contribution in [3.63, 3.8) is 0 Å². The van der Waals surface area contributed by atoms with Gasteiger partial charge in [0.2, 0.25) is 0 Å². The van der Waals surface area contributed by atoms with E-state index in [0.29, 0.717) is 12.0 Å². The minimum absolute atomic E-state index is 0.270. The molecule has 0 amide bonds. The van der Waals surface area contributed by atoms with Gasteiger partial charge in [0.1, 0.15) is 0 Å². The highest BCUT2D eigenvalue weighted by atomic mass is 32.1. The second-order valence-corrected chi connectivity index (χ2v) is 7.68. The molecule has 2 rings (SSSR count). The predicted molar refractivity (Wildman–Crippen MR) is 80.5 cm³/mol. The number of thiazole rings is 1. The Kier molecular flexibility index (Phi) is 4.33. The van der Waals surface area contributed by atoms with Crippen LogP contribution in [-0.2, 0) is 0 Å². The molecule has 1 fully saturated rings. The first-order valence-electron chi connectivity index (χ1n) is 7.17. The quantitative estimate of drug-likeness (QED) is 0.889. The van der Waals surface area contributed by atoms with Crippen molar-refractivity contribution in [2.75, 3.05) is 6.54 Å². The summed E-state index contributed by atoms with van der Waals surface area (Å²) in [7, 11) is 0. The van der Waals surface area contributed by atoms with Gasteiger partial charge in [0.05, 0.1) is 16.8 Å². The summed E-state index contributed by atoms with van der Waals surface area (Å²) in [6, 6.07) is 0.270. The number of aliphatic hydroxyl groups is 1. The summed E-state index contributed by atoms with van der Waals surface area (Å²) in [6.45, 7) is 9.46. The predicted octanol–water partition coefficient (Wildman–Crippen LogP) is 3.43. The van der Waals surface area contributed by atoms with Crippen molar-refractivity contribution < 1.29 is 5.11 Å². The van der Waals surface area contributed by atoms with E-state index < -0.39 is 5.60 Å². The molecule has 0 bridgehead atoms. The number of nitrogens with one attached hydrogen (secondary N) is 1. The Labute approximate surface area is 120 Å². The van der Waals surface area contributed by atoms with Gasteiger partial charge in [-0.05, 0) is 44.9 Å². The van der Waals surface area contributed by atoms with Crippen LogP contribution < -0.4 is 5.32 Å². The molecular formula is C15H26N2OS. The second kappa shape index (κ2) is 5.51. The molecule has 19 heavy (non-hydrogen) atoms. The number of aryl methyl sites for hydroxylation is 1. The molecule has 3 nitrogen and oxygen atoms in total. The Balaban J connectivity index is 1.87. The number of rotatable bonds is 4. The largest absolute Gasteiger partial charge is 0.389 e. The van der Waals surface area contributed by atoms with E-state index in [1.807, 2.05) is 12.4 Å². The van der Waals surface area contributed by atoms with Crippen molar-refractivity contribution in [3.05, 3.63) is 16.1 Å². The molecule has 0 radical (unpaired) electrons. The summed E-state index contributed by atoms with van der Waals surface area (Å²) in [4.78, 5) is 5.56. The first kappa shape index (κ1) is 14.9. The molecule has 108 valence electrons. The smallest absolute Gasteiger partial charge is 0.0798 e. The van der Waals surface area contributed by atoms with Gasteiger partial charge in [-0.2, -0.15) is 0 Å². The van der Waals surface area contributed by atoms with Crippen LogP contribution in [-0.4, -0.2) is 22.2 Å². The maximum atomic E-state index is 10.6. The zero-order chi connectivity index (χ0) is 14.1. The SMILES string of the molecule is Cc1ncsc1C(C)NCC1(O)CCC(C)(C)CC1. The molecule has 1 aliphatic rings. The van der Waals surface area contributed by atoms with Crippen LogP contribution in [0.15, 0.2) is 5.51 Å². The fourth-order valence-electron chi connectivity index (χ4n) is 2.73. The highest BCUT2D eigenvalue weighted by Crippen LogP contribution is 2.40. The van der Waals surface area contributed by atoms with Gasteiger partial charge in [0, 0.05) is 17.5 Å². The van der Waals surface area contributed by atoms with E-state index >= 15 is 0 Å². The molecule has 1 heterocycles. The summed E-state index contributed by atoms with van der Waals surface area (Å²) in [6.07, 6.45) is 4.03. The lowest BCUT2D eigenvalue weighted by Gasteiger charge is -2.40. The molecule has 1 aliphatic carbocycles. The zero-order valence-electron chi connectivity index (χ0n) is 12.5. The Morgan fingerprint density at radius 2 is 2.00 bits per heavy atom. The maximum absolute atomic E-state index is 10.6. The van der Waals surface area contributed by atoms with Gasteiger partial charge in [-0.25, -0.2) is 4.98 Å². The third-order valence-corrected chi connectivity index (χ3v) is 5.56. The van der Waals surface area contributed by atoms with E-state index in [2.05, 4.69) is 31.1 Å². The van der Waals surface area contributed by atoms with Gasteiger partial charge in [-0.3, -0.25) is 0 Å². The Bertz CT molecular complexity index is 418. The van der Waals surface area contributed by atoms with Crippen LogP contribution >= 0.6 is 11.3 Å². The van der Waals surface area contributed by atoms with Crippen molar-refractivity contribution in [1.82, 2.24) is 10.3 Å². The highest BCUT2D eigenvalue weighted by Gasteiger charge is 2.36. The molecule has 2 N–H and O–H groups in total. The van der Waals surface area contributed by atoms with Crippen LogP contribution in [0.25, 0.3) is 0 Å². The normalized spacial score (nSPS) is 23.2. The third kappa shape index (κ3) is 3.77. The number of hydrogen-bond donors (Lipinski definition) is 2. The molecular weight excluding hydrogens is 256 g/mol. The lowest BCUT2D eigenvalue weighted by molar-refractivity contribution is -0.0257. The van der Waals surface area contributed by atoms with Gasteiger partial charge in [-0.15, -0.1) is 11.3 Å². The highest BCUT2D eigenvalue weighted by molar-refractivity contribution is 7.09. The number of aromatic nitrogens is 1. The van der Waals surface area contributed by atoms with Crippen LogP contribution in [0, 0.1) is 12.3 Å². The monoisotopic (exact) mass is 282 g/mol. The molecule has 0 aliphatic heterocycles. The van der Waals surface area contributed by atoms with Crippen LogP contribution in [0.1, 0.15) is 63.1 Å². The summed E-state index contributed by atoms with van der Waals surface area (Å²) < 4.78 is 0. The van der Waals surface area contributed by atoms with E-state index in [0.717, 1.165) is 31.4 Å². The van der Waals surface area contributed by atoms with Crippen molar-refractivity contribution in [3.8, 4) is 0 Å². The lowest BCUT2D eigenvalue weighted by atomic mass is 9.71. The van der Waals surface area contributed by atoms with Crippen molar-refractivity contribution in [2.45, 2.75) is 65.0 Å². The molecule has 4 heteroatoms. The van der Waals surface area contributed by atoms with Crippen LogP contribution in [0.4, 0.5) is 0 Å². The van der Waals surface area contributed by atoms with Gasteiger partial charge in [0.25, 0.3) is 0 Å². The summed E-state index contributed by atoms with van der Waals surface area (Å²) in [5.74, 6) is 0. The summed E-state index contributed by atoms with van der Waals surface area (Å²) in [5, 5.41) is 14.1. The first-order valence-corrected chi connectivity index (χ1v) is 8.05.